The summed E-state index contributed by atoms with van der Waals surface area (Å²) in [6.07, 6.45) is 3.97. The molecule has 0 unspecified atom stereocenters. The van der Waals surface area contributed by atoms with Crippen LogP contribution in [-0.4, -0.2) is 19.6 Å². The van der Waals surface area contributed by atoms with Crippen molar-refractivity contribution in [3.05, 3.63) is 42.8 Å². The summed E-state index contributed by atoms with van der Waals surface area (Å²) in [5.41, 5.74) is 0.963. The Bertz CT molecular complexity index is 355. The highest BCUT2D eigenvalue weighted by Gasteiger charge is 1.93. The van der Waals surface area contributed by atoms with Gasteiger partial charge in [-0.1, -0.05) is 19.1 Å². The lowest BCUT2D eigenvalue weighted by Crippen LogP contribution is -2.21. The lowest BCUT2D eigenvalue weighted by molar-refractivity contribution is -0.116. The molecular formula is C13H16NO2. The van der Waals surface area contributed by atoms with Crippen LogP contribution in [0.4, 0.5) is 0 Å². The Morgan fingerprint density at radius 1 is 1.44 bits per heavy atom. The largest absolute Gasteiger partial charge is 0.497 e. The molecule has 1 N–H and O–H groups in total. The predicted molar refractivity (Wildman–Crippen MR) is 65.0 cm³/mol. The summed E-state index contributed by atoms with van der Waals surface area (Å²) in [5.74, 6) is 0.707. The fourth-order valence-corrected chi connectivity index (χ4v) is 1.16. The zero-order valence-corrected chi connectivity index (χ0v) is 9.40. The Kier molecular flexibility index (Phi) is 5.12. The molecule has 1 amide bonds. The third kappa shape index (κ3) is 4.17. The number of amides is 1. The number of methoxy groups -OCH3 is 1. The predicted octanol–water partition coefficient (Wildman–Crippen LogP) is 2.05. The minimum Gasteiger partial charge on any atom is -0.497 e. The minimum atomic E-state index is -0.0977. The van der Waals surface area contributed by atoms with E-state index in [2.05, 4.69) is 12.2 Å². The number of rotatable bonds is 5. The van der Waals surface area contributed by atoms with E-state index >= 15 is 0 Å². The second-order valence-electron chi connectivity index (χ2n) is 3.25. The van der Waals surface area contributed by atoms with Gasteiger partial charge in [-0.25, -0.2) is 0 Å². The molecule has 1 aromatic rings. The molecule has 16 heavy (non-hydrogen) atoms. The van der Waals surface area contributed by atoms with Gasteiger partial charge in [-0.2, -0.15) is 0 Å². The number of nitrogens with one attached hydrogen (secondary N) is 1. The van der Waals surface area contributed by atoms with Crippen molar-refractivity contribution in [2.75, 3.05) is 13.7 Å². The van der Waals surface area contributed by atoms with Crippen molar-refractivity contribution in [3.8, 4) is 5.75 Å². The van der Waals surface area contributed by atoms with Crippen LogP contribution in [0.5, 0.6) is 5.75 Å². The normalized spacial score (nSPS) is 10.4. The molecule has 0 spiro atoms. The van der Waals surface area contributed by atoms with E-state index in [-0.39, 0.29) is 5.91 Å². The maximum Gasteiger partial charge on any atom is 0.243 e. The van der Waals surface area contributed by atoms with Crippen LogP contribution in [0.3, 0.4) is 0 Å². The molecule has 0 aliphatic carbocycles. The van der Waals surface area contributed by atoms with E-state index in [1.54, 1.807) is 13.2 Å². The van der Waals surface area contributed by atoms with E-state index in [4.69, 9.17) is 4.74 Å². The quantitative estimate of drug-likeness (QED) is 0.768. The standard InChI is InChI=1S/C13H16NO2/c1-3-10-14-13(15)9-6-11-4-7-12(16-2)8-5-11/h4-9H,1,3,10H2,2H3,(H,14,15). The average molecular weight is 218 g/mol. The van der Waals surface area contributed by atoms with E-state index < -0.39 is 0 Å². The maximum atomic E-state index is 11.2. The Labute approximate surface area is 96.1 Å². The smallest absolute Gasteiger partial charge is 0.243 e. The summed E-state index contributed by atoms with van der Waals surface area (Å²) in [5, 5.41) is 2.71. The molecule has 3 heteroatoms. The van der Waals surface area contributed by atoms with Crippen LogP contribution < -0.4 is 10.1 Å². The number of hydrogen-bond donors (Lipinski definition) is 1. The number of carbonyl (C=O) groups is 1. The second-order valence-corrected chi connectivity index (χ2v) is 3.25. The molecule has 0 aliphatic heterocycles. The van der Waals surface area contributed by atoms with Crippen molar-refractivity contribution in [3.63, 3.8) is 0 Å². The Hall–Kier alpha value is -1.77. The third-order valence-corrected chi connectivity index (χ3v) is 2.02. The van der Waals surface area contributed by atoms with E-state index in [9.17, 15) is 4.79 Å². The van der Waals surface area contributed by atoms with E-state index in [0.29, 0.717) is 13.0 Å². The monoisotopic (exact) mass is 218 g/mol. The Morgan fingerprint density at radius 2 is 2.12 bits per heavy atom. The van der Waals surface area contributed by atoms with Crippen LogP contribution in [0.1, 0.15) is 12.0 Å². The first-order chi connectivity index (χ1) is 7.76. The summed E-state index contributed by atoms with van der Waals surface area (Å²) < 4.78 is 5.04. The molecule has 0 saturated carbocycles. The lowest BCUT2D eigenvalue weighted by Gasteiger charge is -1.99. The first-order valence-electron chi connectivity index (χ1n) is 5.15. The molecule has 0 bridgehead atoms. The fraction of sp³-hybridized carbons (Fsp3) is 0.231. The molecule has 0 aromatic heterocycles. The fourth-order valence-electron chi connectivity index (χ4n) is 1.16. The molecule has 3 nitrogen and oxygen atoms in total. The molecule has 1 rings (SSSR count). The van der Waals surface area contributed by atoms with Gasteiger partial charge in [0.1, 0.15) is 5.75 Å². The van der Waals surface area contributed by atoms with E-state index in [0.717, 1.165) is 11.3 Å². The van der Waals surface area contributed by atoms with Crippen molar-refractivity contribution in [1.29, 1.82) is 0 Å². The third-order valence-electron chi connectivity index (χ3n) is 2.02. The van der Waals surface area contributed by atoms with Gasteiger partial charge in [0.25, 0.3) is 0 Å². The van der Waals surface area contributed by atoms with Crippen LogP contribution >= 0.6 is 0 Å². The summed E-state index contributed by atoms with van der Waals surface area (Å²) in [6.45, 7) is 4.25. The highest BCUT2D eigenvalue weighted by atomic mass is 16.5. The molecule has 0 heterocycles. The number of benzene rings is 1. The molecule has 0 saturated heterocycles. The summed E-state index contributed by atoms with van der Waals surface area (Å²) in [4.78, 5) is 11.2. The van der Waals surface area contributed by atoms with Gasteiger partial charge in [0.15, 0.2) is 0 Å². The van der Waals surface area contributed by atoms with Crippen LogP contribution in [-0.2, 0) is 4.79 Å². The number of hydrogen-bond acceptors (Lipinski definition) is 2. The zero-order valence-electron chi connectivity index (χ0n) is 9.40. The number of carbonyl (C=O) groups excluding carboxylic acids is 1. The highest BCUT2D eigenvalue weighted by molar-refractivity contribution is 5.91. The van der Waals surface area contributed by atoms with Gasteiger partial charge in [-0.3, -0.25) is 4.79 Å². The van der Waals surface area contributed by atoms with Gasteiger partial charge < -0.3 is 10.1 Å². The SMILES string of the molecule is [CH2]CCNC(=O)C=Cc1ccc(OC)cc1. The lowest BCUT2D eigenvalue weighted by atomic mass is 10.2. The van der Waals surface area contributed by atoms with Crippen LogP contribution in [0.25, 0.3) is 6.08 Å². The van der Waals surface area contributed by atoms with Crippen LogP contribution in [0, 0.1) is 6.92 Å². The van der Waals surface area contributed by atoms with Gasteiger partial charge in [0.05, 0.1) is 7.11 Å². The Balaban J connectivity index is 2.52. The molecular weight excluding hydrogens is 202 g/mol. The first-order valence-corrected chi connectivity index (χ1v) is 5.15. The van der Waals surface area contributed by atoms with Crippen molar-refractivity contribution in [1.82, 2.24) is 5.32 Å². The summed E-state index contributed by atoms with van der Waals surface area (Å²) in [6, 6.07) is 7.50. The first kappa shape index (κ1) is 12.3. The molecule has 1 radical (unpaired) electrons. The zero-order chi connectivity index (χ0) is 11.8. The number of ether oxygens (including phenoxy) is 1. The second kappa shape index (κ2) is 6.67. The van der Waals surface area contributed by atoms with Crippen LogP contribution in [0.15, 0.2) is 30.3 Å². The van der Waals surface area contributed by atoms with Crippen molar-refractivity contribution < 1.29 is 9.53 Å². The van der Waals surface area contributed by atoms with Crippen molar-refractivity contribution in [2.45, 2.75) is 6.42 Å². The molecule has 0 atom stereocenters. The summed E-state index contributed by atoms with van der Waals surface area (Å²) >= 11 is 0. The van der Waals surface area contributed by atoms with Crippen molar-refractivity contribution in [2.24, 2.45) is 0 Å². The van der Waals surface area contributed by atoms with Gasteiger partial charge in [0.2, 0.25) is 5.91 Å². The molecule has 1 aromatic carbocycles. The molecule has 0 fully saturated rings. The summed E-state index contributed by atoms with van der Waals surface area (Å²) in [7, 11) is 1.62. The van der Waals surface area contributed by atoms with E-state index in [1.165, 1.54) is 6.08 Å². The highest BCUT2D eigenvalue weighted by Crippen LogP contribution is 2.11. The van der Waals surface area contributed by atoms with E-state index in [1.807, 2.05) is 24.3 Å². The molecule has 85 valence electrons. The van der Waals surface area contributed by atoms with Crippen molar-refractivity contribution >= 4 is 12.0 Å². The van der Waals surface area contributed by atoms with Gasteiger partial charge in [0, 0.05) is 12.6 Å². The van der Waals surface area contributed by atoms with Gasteiger partial charge in [-0.05, 0) is 30.2 Å². The maximum absolute atomic E-state index is 11.2. The Morgan fingerprint density at radius 3 is 2.69 bits per heavy atom. The minimum absolute atomic E-state index is 0.0977. The molecule has 0 aliphatic rings. The van der Waals surface area contributed by atoms with Gasteiger partial charge in [-0.15, -0.1) is 0 Å². The van der Waals surface area contributed by atoms with Crippen LogP contribution in [0.2, 0.25) is 0 Å². The average Bonchev–Trinajstić information content (AvgIpc) is 2.34. The topological polar surface area (TPSA) is 38.3 Å². The van der Waals surface area contributed by atoms with Gasteiger partial charge >= 0.3 is 0 Å².